The van der Waals surface area contributed by atoms with Crippen LogP contribution in [0.3, 0.4) is 0 Å². The number of amides is 1. The molecule has 0 spiro atoms. The number of carbonyl (C=O) groups is 1. The number of carbonyl (C=O) groups excluding carboxylic acids is 1. The zero-order valence-corrected chi connectivity index (χ0v) is 18.6. The lowest BCUT2D eigenvalue weighted by Gasteiger charge is -2.35. The van der Waals surface area contributed by atoms with Gasteiger partial charge in [-0.15, -0.1) is 12.4 Å². The SMILES string of the molecule is CC1(C(=O)N2CCC(Oc3ccc(-c4cnc5ccccc5c4)cc3)CC2)OC=CO1.Cl. The van der Waals surface area contributed by atoms with Crippen LogP contribution in [-0.2, 0) is 14.3 Å². The first-order valence-electron chi connectivity index (χ1n) is 10.5. The lowest BCUT2D eigenvalue weighted by molar-refractivity contribution is -0.183. The van der Waals surface area contributed by atoms with Crippen LogP contribution in [0, 0.1) is 0 Å². The summed E-state index contributed by atoms with van der Waals surface area (Å²) in [6.07, 6.45) is 6.33. The van der Waals surface area contributed by atoms with E-state index >= 15 is 0 Å². The molecule has 0 bridgehead atoms. The highest BCUT2D eigenvalue weighted by atomic mass is 35.5. The number of rotatable bonds is 4. The molecule has 2 aliphatic heterocycles. The lowest BCUT2D eigenvalue weighted by Crippen LogP contribution is -2.51. The van der Waals surface area contributed by atoms with E-state index in [9.17, 15) is 4.79 Å². The van der Waals surface area contributed by atoms with Crippen molar-refractivity contribution in [2.75, 3.05) is 13.1 Å². The van der Waals surface area contributed by atoms with Crippen LogP contribution in [0.2, 0.25) is 0 Å². The molecule has 0 saturated carbocycles. The highest BCUT2D eigenvalue weighted by molar-refractivity contribution is 5.85. The number of nitrogens with zero attached hydrogens (tertiary/aromatic N) is 2. The van der Waals surface area contributed by atoms with E-state index in [0.717, 1.165) is 40.6 Å². The number of halogens is 1. The van der Waals surface area contributed by atoms with Gasteiger partial charge in [-0.25, -0.2) is 0 Å². The van der Waals surface area contributed by atoms with E-state index in [4.69, 9.17) is 14.2 Å². The van der Waals surface area contributed by atoms with E-state index in [1.54, 1.807) is 11.8 Å². The molecule has 1 saturated heterocycles. The number of para-hydroxylation sites is 1. The zero-order chi connectivity index (χ0) is 21.3. The normalized spacial score (nSPS) is 17.3. The van der Waals surface area contributed by atoms with Gasteiger partial charge in [0.05, 0.1) is 5.52 Å². The van der Waals surface area contributed by atoms with Crippen molar-refractivity contribution >= 4 is 29.2 Å². The van der Waals surface area contributed by atoms with Crippen LogP contribution in [0.4, 0.5) is 0 Å². The Balaban J connectivity index is 0.00000245. The first kappa shape index (κ1) is 22.0. The molecular formula is C25H25ClN2O4. The van der Waals surface area contributed by atoms with Gasteiger partial charge in [-0.3, -0.25) is 9.78 Å². The summed E-state index contributed by atoms with van der Waals surface area (Å²) in [7, 11) is 0. The second-order valence-corrected chi connectivity index (χ2v) is 8.00. The second kappa shape index (κ2) is 9.09. The van der Waals surface area contributed by atoms with Gasteiger partial charge < -0.3 is 19.1 Å². The first-order valence-corrected chi connectivity index (χ1v) is 10.5. The van der Waals surface area contributed by atoms with Crippen LogP contribution < -0.4 is 4.74 Å². The molecule has 7 heteroatoms. The molecule has 6 nitrogen and oxygen atoms in total. The molecule has 2 aromatic carbocycles. The van der Waals surface area contributed by atoms with Crippen molar-refractivity contribution in [2.24, 2.45) is 0 Å². The standard InChI is InChI=1S/C25H24N2O4.ClH/c1-25(29-14-15-30-25)24(28)27-12-10-22(11-13-27)31-21-8-6-18(7-9-21)20-16-19-4-2-3-5-23(19)26-17-20;/h2-9,14-17,22H,10-13H2,1H3;1H. The van der Waals surface area contributed by atoms with E-state index < -0.39 is 5.79 Å². The van der Waals surface area contributed by atoms with Crippen molar-refractivity contribution in [2.45, 2.75) is 31.7 Å². The topological polar surface area (TPSA) is 60.9 Å². The average Bonchev–Trinajstić information content (AvgIpc) is 3.27. The summed E-state index contributed by atoms with van der Waals surface area (Å²) >= 11 is 0. The summed E-state index contributed by atoms with van der Waals surface area (Å²) in [4.78, 5) is 19.0. The molecule has 0 N–H and O–H groups in total. The van der Waals surface area contributed by atoms with Gasteiger partial charge in [0.15, 0.2) is 0 Å². The van der Waals surface area contributed by atoms with E-state index in [1.807, 2.05) is 36.5 Å². The van der Waals surface area contributed by atoms with Crippen molar-refractivity contribution in [3.8, 4) is 16.9 Å². The van der Waals surface area contributed by atoms with E-state index in [2.05, 4.69) is 29.2 Å². The summed E-state index contributed by atoms with van der Waals surface area (Å²) in [5, 5.41) is 1.12. The number of aromatic nitrogens is 1. The summed E-state index contributed by atoms with van der Waals surface area (Å²) in [5.41, 5.74) is 3.17. The monoisotopic (exact) mass is 452 g/mol. The number of likely N-dealkylation sites (tertiary alicyclic amines) is 1. The van der Waals surface area contributed by atoms with Crippen LogP contribution in [0.15, 0.2) is 73.3 Å². The van der Waals surface area contributed by atoms with Gasteiger partial charge in [-0.2, -0.15) is 0 Å². The van der Waals surface area contributed by atoms with Gasteiger partial charge in [0.1, 0.15) is 24.4 Å². The Morgan fingerprint density at radius 3 is 2.44 bits per heavy atom. The Hall–Kier alpha value is -3.25. The third-order valence-electron chi connectivity index (χ3n) is 5.84. The van der Waals surface area contributed by atoms with E-state index in [0.29, 0.717) is 13.1 Å². The molecule has 1 aromatic heterocycles. The van der Waals surface area contributed by atoms with Crippen molar-refractivity contribution in [1.29, 1.82) is 0 Å². The van der Waals surface area contributed by atoms with Crippen molar-refractivity contribution in [3.05, 3.63) is 73.3 Å². The van der Waals surface area contributed by atoms with Gasteiger partial charge in [0.2, 0.25) is 0 Å². The quantitative estimate of drug-likeness (QED) is 0.561. The summed E-state index contributed by atoms with van der Waals surface area (Å²) in [6, 6.07) is 18.4. The maximum absolute atomic E-state index is 12.6. The molecule has 0 aliphatic carbocycles. The van der Waals surface area contributed by atoms with E-state index in [-0.39, 0.29) is 24.4 Å². The molecular weight excluding hydrogens is 428 g/mol. The largest absolute Gasteiger partial charge is 0.490 e. The molecule has 2 aliphatic rings. The predicted molar refractivity (Wildman–Crippen MR) is 124 cm³/mol. The Kier molecular flexibility index (Phi) is 6.24. The van der Waals surface area contributed by atoms with Crippen LogP contribution in [0.25, 0.3) is 22.0 Å². The van der Waals surface area contributed by atoms with Crippen molar-refractivity contribution in [1.82, 2.24) is 9.88 Å². The van der Waals surface area contributed by atoms with Crippen molar-refractivity contribution < 1.29 is 19.0 Å². The Morgan fingerprint density at radius 1 is 1.03 bits per heavy atom. The molecule has 32 heavy (non-hydrogen) atoms. The number of hydrogen-bond acceptors (Lipinski definition) is 5. The number of fused-ring (bicyclic) bond motifs is 1. The molecule has 5 rings (SSSR count). The fraction of sp³-hybridized carbons (Fsp3) is 0.280. The fourth-order valence-electron chi connectivity index (χ4n) is 4.06. The van der Waals surface area contributed by atoms with Gasteiger partial charge in [-0.05, 0) is 29.8 Å². The van der Waals surface area contributed by atoms with Gasteiger partial charge in [-0.1, -0.05) is 30.3 Å². The highest BCUT2D eigenvalue weighted by Gasteiger charge is 2.43. The molecule has 0 radical (unpaired) electrons. The Bertz CT molecular complexity index is 1120. The summed E-state index contributed by atoms with van der Waals surface area (Å²) in [6.45, 7) is 2.88. The first-order chi connectivity index (χ1) is 15.1. The minimum Gasteiger partial charge on any atom is -0.490 e. The van der Waals surface area contributed by atoms with Crippen LogP contribution >= 0.6 is 12.4 Å². The van der Waals surface area contributed by atoms with Crippen LogP contribution in [-0.4, -0.2) is 40.8 Å². The third kappa shape index (κ3) is 4.36. The van der Waals surface area contributed by atoms with Gasteiger partial charge >= 0.3 is 11.7 Å². The molecule has 1 fully saturated rings. The van der Waals surface area contributed by atoms with Gasteiger partial charge in [0, 0.05) is 50.0 Å². The minimum absolute atomic E-state index is 0. The zero-order valence-electron chi connectivity index (χ0n) is 17.8. The smallest absolute Gasteiger partial charge is 0.328 e. The average molecular weight is 453 g/mol. The molecule has 0 unspecified atom stereocenters. The molecule has 3 heterocycles. The maximum Gasteiger partial charge on any atom is 0.328 e. The molecule has 3 aromatic rings. The predicted octanol–water partition coefficient (Wildman–Crippen LogP) is 4.93. The molecule has 0 atom stereocenters. The number of ether oxygens (including phenoxy) is 3. The number of piperidine rings is 1. The lowest BCUT2D eigenvalue weighted by atomic mass is 10.0. The molecule has 1 amide bonds. The summed E-state index contributed by atoms with van der Waals surface area (Å²) in [5.74, 6) is -0.550. The Morgan fingerprint density at radius 2 is 1.72 bits per heavy atom. The molecule has 166 valence electrons. The fourth-order valence-corrected chi connectivity index (χ4v) is 4.06. The Labute approximate surface area is 193 Å². The highest BCUT2D eigenvalue weighted by Crippen LogP contribution is 2.28. The van der Waals surface area contributed by atoms with E-state index in [1.165, 1.54) is 12.5 Å². The van der Waals surface area contributed by atoms with Crippen LogP contribution in [0.5, 0.6) is 5.75 Å². The minimum atomic E-state index is -1.23. The third-order valence-corrected chi connectivity index (χ3v) is 5.84. The number of benzene rings is 2. The number of hydrogen-bond donors (Lipinski definition) is 0. The summed E-state index contributed by atoms with van der Waals surface area (Å²) < 4.78 is 16.8. The maximum atomic E-state index is 12.6. The second-order valence-electron chi connectivity index (χ2n) is 8.00. The van der Waals surface area contributed by atoms with Crippen LogP contribution in [0.1, 0.15) is 19.8 Å². The number of pyridine rings is 1. The van der Waals surface area contributed by atoms with Gasteiger partial charge in [0.25, 0.3) is 0 Å². The van der Waals surface area contributed by atoms with Crippen molar-refractivity contribution in [3.63, 3.8) is 0 Å².